The standard InChI is InChI=1S/C25H22FNO3S2/c1-17-14-20(11-12-22(17)26)32(29,30)24(23-10-5-13-31-23)16-27-25(28)15-19-8-4-7-18-6-2-3-9-21(18)19/h2-14,24H,15-16H2,1H3,(H,27,28)/t24-/m0/s1. The molecule has 0 aliphatic rings. The van der Waals surface area contributed by atoms with E-state index in [1.807, 2.05) is 42.5 Å². The van der Waals surface area contributed by atoms with Gasteiger partial charge in [-0.1, -0.05) is 48.5 Å². The molecule has 1 amide bonds. The number of hydrogen-bond donors (Lipinski definition) is 1. The number of benzene rings is 3. The number of nitrogens with one attached hydrogen (secondary N) is 1. The maximum atomic E-state index is 13.7. The summed E-state index contributed by atoms with van der Waals surface area (Å²) < 4.78 is 40.4. The first-order valence-corrected chi connectivity index (χ1v) is 12.6. The Morgan fingerprint density at radius 3 is 2.56 bits per heavy atom. The summed E-state index contributed by atoms with van der Waals surface area (Å²) in [5.41, 5.74) is 1.14. The molecular weight excluding hydrogens is 445 g/mol. The lowest BCUT2D eigenvalue weighted by Gasteiger charge is -2.18. The van der Waals surface area contributed by atoms with Crippen molar-refractivity contribution in [2.75, 3.05) is 6.54 Å². The highest BCUT2D eigenvalue weighted by Gasteiger charge is 2.31. The molecular formula is C25H22FNO3S2. The van der Waals surface area contributed by atoms with Crippen molar-refractivity contribution in [3.63, 3.8) is 0 Å². The molecule has 32 heavy (non-hydrogen) atoms. The first kappa shape index (κ1) is 22.2. The predicted octanol–water partition coefficient (Wildman–Crippen LogP) is 5.22. The predicted molar refractivity (Wildman–Crippen MR) is 126 cm³/mol. The maximum absolute atomic E-state index is 13.7. The van der Waals surface area contributed by atoms with Crippen molar-refractivity contribution < 1.29 is 17.6 Å². The number of fused-ring (bicyclic) bond motifs is 1. The Labute approximate surface area is 190 Å². The summed E-state index contributed by atoms with van der Waals surface area (Å²) in [5.74, 6) is -0.714. The molecule has 1 heterocycles. The molecule has 3 aromatic carbocycles. The smallest absolute Gasteiger partial charge is 0.224 e. The molecule has 0 spiro atoms. The summed E-state index contributed by atoms with van der Waals surface area (Å²) in [7, 11) is -3.84. The van der Waals surface area contributed by atoms with Crippen molar-refractivity contribution in [1.29, 1.82) is 0 Å². The van der Waals surface area contributed by atoms with E-state index >= 15 is 0 Å². The van der Waals surface area contributed by atoms with Crippen molar-refractivity contribution in [2.24, 2.45) is 0 Å². The van der Waals surface area contributed by atoms with Crippen LogP contribution in [0.4, 0.5) is 4.39 Å². The lowest BCUT2D eigenvalue weighted by atomic mass is 10.0. The Balaban J connectivity index is 1.56. The van der Waals surface area contributed by atoms with Crippen LogP contribution in [-0.4, -0.2) is 20.9 Å². The Hall–Kier alpha value is -3.03. The van der Waals surface area contributed by atoms with Crippen LogP contribution in [0, 0.1) is 12.7 Å². The summed E-state index contributed by atoms with van der Waals surface area (Å²) >= 11 is 1.31. The number of hydrogen-bond acceptors (Lipinski definition) is 4. The van der Waals surface area contributed by atoms with Gasteiger partial charge in [0, 0.05) is 11.4 Å². The molecule has 1 atom stereocenters. The van der Waals surface area contributed by atoms with Gasteiger partial charge in [0.15, 0.2) is 9.84 Å². The molecule has 4 aromatic rings. The zero-order chi connectivity index (χ0) is 22.7. The zero-order valence-corrected chi connectivity index (χ0v) is 19.0. The minimum Gasteiger partial charge on any atom is -0.354 e. The van der Waals surface area contributed by atoms with Crippen LogP contribution in [-0.2, 0) is 21.1 Å². The van der Waals surface area contributed by atoms with E-state index in [2.05, 4.69) is 5.32 Å². The SMILES string of the molecule is Cc1cc(S(=O)(=O)[C@@H](CNC(=O)Cc2cccc3ccccc23)c2cccs2)ccc1F. The van der Waals surface area contributed by atoms with Gasteiger partial charge in [-0.2, -0.15) is 0 Å². The fourth-order valence-electron chi connectivity index (χ4n) is 3.68. The topological polar surface area (TPSA) is 63.2 Å². The largest absolute Gasteiger partial charge is 0.354 e. The molecule has 0 aliphatic carbocycles. The molecule has 0 unspecified atom stereocenters. The summed E-state index contributed by atoms with van der Waals surface area (Å²) in [6, 6.07) is 20.9. The Kier molecular flexibility index (Phi) is 6.39. The van der Waals surface area contributed by atoms with Crippen LogP contribution >= 0.6 is 11.3 Å². The van der Waals surface area contributed by atoms with Crippen molar-refractivity contribution in [3.8, 4) is 0 Å². The first-order chi connectivity index (χ1) is 15.4. The summed E-state index contributed by atoms with van der Waals surface area (Å²) in [6.45, 7) is 1.46. The molecule has 4 rings (SSSR count). The van der Waals surface area contributed by atoms with Gasteiger partial charge in [-0.3, -0.25) is 4.79 Å². The molecule has 4 nitrogen and oxygen atoms in total. The first-order valence-electron chi connectivity index (χ1n) is 10.1. The molecule has 0 saturated heterocycles. The van der Waals surface area contributed by atoms with Gasteiger partial charge in [-0.05, 0) is 58.5 Å². The molecule has 0 radical (unpaired) electrons. The fraction of sp³-hybridized carbons (Fsp3) is 0.160. The quantitative estimate of drug-likeness (QED) is 0.379. The minimum absolute atomic E-state index is 0.0399. The van der Waals surface area contributed by atoms with Gasteiger partial charge in [0.1, 0.15) is 11.1 Å². The number of amides is 1. The molecule has 0 bridgehead atoms. The lowest BCUT2D eigenvalue weighted by molar-refractivity contribution is -0.120. The van der Waals surface area contributed by atoms with Crippen LogP contribution in [0.5, 0.6) is 0 Å². The number of aryl methyl sites for hydroxylation is 1. The van der Waals surface area contributed by atoms with Crippen LogP contribution in [0.25, 0.3) is 10.8 Å². The molecule has 7 heteroatoms. The van der Waals surface area contributed by atoms with Crippen molar-refractivity contribution in [2.45, 2.75) is 23.5 Å². The zero-order valence-electron chi connectivity index (χ0n) is 17.4. The molecule has 0 fully saturated rings. The second-order valence-corrected chi connectivity index (χ2v) is 10.7. The van der Waals surface area contributed by atoms with Crippen LogP contribution in [0.1, 0.15) is 21.3 Å². The number of rotatable bonds is 7. The highest BCUT2D eigenvalue weighted by atomic mass is 32.2. The Bertz CT molecular complexity index is 1360. The van der Waals surface area contributed by atoms with E-state index < -0.39 is 20.9 Å². The minimum atomic E-state index is -3.84. The third-order valence-electron chi connectivity index (χ3n) is 5.41. The van der Waals surface area contributed by atoms with Crippen molar-refractivity contribution >= 4 is 37.9 Å². The molecule has 1 N–H and O–H groups in total. The van der Waals surface area contributed by atoms with Gasteiger partial charge in [-0.15, -0.1) is 11.3 Å². The van der Waals surface area contributed by atoms with Crippen LogP contribution in [0.2, 0.25) is 0 Å². The summed E-state index contributed by atoms with van der Waals surface area (Å²) in [5, 5.41) is 5.68. The summed E-state index contributed by atoms with van der Waals surface area (Å²) in [6.07, 6.45) is 0.147. The number of carbonyl (C=O) groups excluding carboxylic acids is 1. The van der Waals surface area contributed by atoms with E-state index in [0.29, 0.717) is 4.88 Å². The molecule has 0 aliphatic heterocycles. The van der Waals surface area contributed by atoms with E-state index in [9.17, 15) is 17.6 Å². The fourth-order valence-corrected chi connectivity index (χ4v) is 6.55. The third-order valence-corrected chi connectivity index (χ3v) is 8.62. The summed E-state index contributed by atoms with van der Waals surface area (Å²) in [4.78, 5) is 13.4. The Morgan fingerprint density at radius 1 is 1.03 bits per heavy atom. The monoisotopic (exact) mass is 467 g/mol. The highest BCUT2D eigenvalue weighted by Crippen LogP contribution is 2.32. The number of halogens is 1. The van der Waals surface area contributed by atoms with E-state index in [-0.39, 0.29) is 29.3 Å². The molecule has 164 valence electrons. The Morgan fingerprint density at radius 2 is 1.81 bits per heavy atom. The van der Waals surface area contributed by atoms with E-state index in [1.54, 1.807) is 17.5 Å². The second-order valence-electron chi connectivity index (χ2n) is 7.58. The number of sulfone groups is 1. The molecule has 0 saturated carbocycles. The van der Waals surface area contributed by atoms with Gasteiger partial charge in [0.2, 0.25) is 5.91 Å². The average Bonchev–Trinajstić information content (AvgIpc) is 3.30. The lowest BCUT2D eigenvalue weighted by Crippen LogP contribution is -2.32. The number of carbonyl (C=O) groups is 1. The average molecular weight is 468 g/mol. The van der Waals surface area contributed by atoms with E-state index in [1.165, 1.54) is 30.4 Å². The van der Waals surface area contributed by atoms with Gasteiger partial charge in [-0.25, -0.2) is 12.8 Å². The van der Waals surface area contributed by atoms with Crippen LogP contribution in [0.15, 0.2) is 83.1 Å². The van der Waals surface area contributed by atoms with Crippen LogP contribution in [0.3, 0.4) is 0 Å². The van der Waals surface area contributed by atoms with Gasteiger partial charge in [0.25, 0.3) is 0 Å². The second kappa shape index (κ2) is 9.22. The number of thiophene rings is 1. The van der Waals surface area contributed by atoms with Gasteiger partial charge >= 0.3 is 0 Å². The van der Waals surface area contributed by atoms with Gasteiger partial charge < -0.3 is 5.32 Å². The highest BCUT2D eigenvalue weighted by molar-refractivity contribution is 7.91. The van der Waals surface area contributed by atoms with E-state index in [4.69, 9.17) is 0 Å². The van der Waals surface area contributed by atoms with Crippen molar-refractivity contribution in [3.05, 3.63) is 100.0 Å². The molecule has 1 aromatic heterocycles. The van der Waals surface area contributed by atoms with Crippen molar-refractivity contribution in [1.82, 2.24) is 5.32 Å². The van der Waals surface area contributed by atoms with Crippen LogP contribution < -0.4 is 5.32 Å². The normalized spacial score (nSPS) is 12.6. The third kappa shape index (κ3) is 4.59. The van der Waals surface area contributed by atoms with E-state index in [0.717, 1.165) is 22.4 Å². The van der Waals surface area contributed by atoms with Gasteiger partial charge in [0.05, 0.1) is 11.3 Å². The maximum Gasteiger partial charge on any atom is 0.224 e.